The molecule has 6 nitrogen and oxygen atoms in total. The molecule has 0 fully saturated rings. The van der Waals surface area contributed by atoms with Crippen LogP contribution in [-0.4, -0.2) is 28.0 Å². The number of aromatic amines is 1. The first-order valence-corrected chi connectivity index (χ1v) is 6.49. The first-order chi connectivity index (χ1) is 9.08. The topological polar surface area (TPSA) is 84.4 Å². The molecule has 1 unspecified atom stereocenters. The van der Waals surface area contributed by atoms with Crippen LogP contribution in [0.15, 0.2) is 21.9 Å². The first kappa shape index (κ1) is 13.8. The molecule has 1 aromatic heterocycles. The van der Waals surface area contributed by atoms with Gasteiger partial charge in [0.05, 0.1) is 4.48 Å². The van der Waals surface area contributed by atoms with Crippen molar-refractivity contribution in [3.8, 4) is 11.9 Å². The Morgan fingerprint density at radius 1 is 1.68 bits per heavy atom. The van der Waals surface area contributed by atoms with Crippen LogP contribution in [0.5, 0.6) is 11.9 Å². The van der Waals surface area contributed by atoms with Crippen molar-refractivity contribution < 1.29 is 14.6 Å². The van der Waals surface area contributed by atoms with Crippen molar-refractivity contribution in [2.75, 3.05) is 6.61 Å². The lowest BCUT2D eigenvalue weighted by atomic mass is 10.0. The third-order valence-corrected chi connectivity index (χ3v) is 3.46. The first-order valence-electron chi connectivity index (χ1n) is 5.70. The number of halogens is 1. The second-order valence-electron chi connectivity index (χ2n) is 3.80. The second kappa shape index (κ2) is 5.58. The summed E-state index contributed by atoms with van der Waals surface area (Å²) in [5, 5.41) is 9.75. The van der Waals surface area contributed by atoms with E-state index in [0.29, 0.717) is 22.0 Å². The SMILES string of the molecule is C=CCOc1nc2c(c(=O)[nH]1)C(CC)=C(Br)C(O)O2. The molecule has 0 aliphatic carbocycles. The van der Waals surface area contributed by atoms with Gasteiger partial charge in [0.2, 0.25) is 12.2 Å². The molecule has 0 radical (unpaired) electrons. The Kier molecular flexibility index (Phi) is 4.06. The summed E-state index contributed by atoms with van der Waals surface area (Å²) >= 11 is 3.22. The van der Waals surface area contributed by atoms with Crippen molar-refractivity contribution in [1.82, 2.24) is 9.97 Å². The summed E-state index contributed by atoms with van der Waals surface area (Å²) in [6.07, 6.45) is 0.929. The van der Waals surface area contributed by atoms with Gasteiger partial charge >= 0.3 is 0 Å². The number of nitrogens with one attached hydrogen (secondary N) is 1. The molecular formula is C12H13BrN2O4. The molecule has 102 valence electrons. The molecule has 2 heterocycles. The van der Waals surface area contributed by atoms with Crippen molar-refractivity contribution in [2.45, 2.75) is 19.6 Å². The van der Waals surface area contributed by atoms with Gasteiger partial charge < -0.3 is 14.6 Å². The van der Waals surface area contributed by atoms with E-state index in [9.17, 15) is 9.90 Å². The van der Waals surface area contributed by atoms with Crippen LogP contribution in [0.25, 0.3) is 5.57 Å². The molecular weight excluding hydrogens is 316 g/mol. The largest absolute Gasteiger partial charge is 0.460 e. The summed E-state index contributed by atoms with van der Waals surface area (Å²) in [6.45, 7) is 5.59. The van der Waals surface area contributed by atoms with Crippen LogP contribution in [0.4, 0.5) is 0 Å². The molecule has 0 saturated carbocycles. The fraction of sp³-hybridized carbons (Fsp3) is 0.333. The number of hydrogen-bond donors (Lipinski definition) is 2. The van der Waals surface area contributed by atoms with Gasteiger partial charge in [0.25, 0.3) is 11.6 Å². The van der Waals surface area contributed by atoms with E-state index in [1.54, 1.807) is 0 Å². The maximum Gasteiger partial charge on any atom is 0.300 e. The Bertz CT molecular complexity index is 594. The van der Waals surface area contributed by atoms with Crippen LogP contribution in [0.1, 0.15) is 18.9 Å². The molecule has 0 saturated heterocycles. The fourth-order valence-electron chi connectivity index (χ4n) is 1.76. The highest BCUT2D eigenvalue weighted by Crippen LogP contribution is 2.36. The van der Waals surface area contributed by atoms with Gasteiger partial charge in [0.15, 0.2) is 0 Å². The van der Waals surface area contributed by atoms with Crippen molar-refractivity contribution in [3.05, 3.63) is 33.1 Å². The van der Waals surface area contributed by atoms with Crippen LogP contribution in [-0.2, 0) is 0 Å². The summed E-state index contributed by atoms with van der Waals surface area (Å²) in [7, 11) is 0. The summed E-state index contributed by atoms with van der Waals surface area (Å²) in [5.74, 6) is 0.0652. The van der Waals surface area contributed by atoms with E-state index in [4.69, 9.17) is 9.47 Å². The maximum absolute atomic E-state index is 12.1. The lowest BCUT2D eigenvalue weighted by molar-refractivity contribution is 0.0152. The van der Waals surface area contributed by atoms with Gasteiger partial charge in [-0.05, 0) is 27.9 Å². The van der Waals surface area contributed by atoms with E-state index in [0.717, 1.165) is 0 Å². The molecule has 2 rings (SSSR count). The Morgan fingerprint density at radius 2 is 2.42 bits per heavy atom. The third kappa shape index (κ3) is 2.57. The van der Waals surface area contributed by atoms with E-state index < -0.39 is 6.29 Å². The van der Waals surface area contributed by atoms with Crippen LogP contribution >= 0.6 is 15.9 Å². The molecule has 19 heavy (non-hydrogen) atoms. The highest BCUT2D eigenvalue weighted by molar-refractivity contribution is 9.11. The van der Waals surface area contributed by atoms with Gasteiger partial charge in [-0.15, -0.1) is 0 Å². The van der Waals surface area contributed by atoms with E-state index in [1.807, 2.05) is 6.92 Å². The summed E-state index contributed by atoms with van der Waals surface area (Å²) < 4.78 is 10.8. The zero-order valence-corrected chi connectivity index (χ0v) is 11.9. The smallest absolute Gasteiger partial charge is 0.300 e. The van der Waals surface area contributed by atoms with E-state index >= 15 is 0 Å². The predicted octanol–water partition coefficient (Wildman–Crippen LogP) is 1.56. The van der Waals surface area contributed by atoms with Crippen molar-refractivity contribution >= 4 is 21.5 Å². The van der Waals surface area contributed by atoms with Crippen LogP contribution in [0.2, 0.25) is 0 Å². The highest BCUT2D eigenvalue weighted by atomic mass is 79.9. The summed E-state index contributed by atoms with van der Waals surface area (Å²) in [6, 6.07) is 0.0318. The molecule has 7 heteroatoms. The number of ether oxygens (including phenoxy) is 2. The summed E-state index contributed by atoms with van der Waals surface area (Å²) in [5.41, 5.74) is 0.605. The predicted molar refractivity (Wildman–Crippen MR) is 73.3 cm³/mol. The van der Waals surface area contributed by atoms with Crippen molar-refractivity contribution in [1.29, 1.82) is 0 Å². The number of allylic oxidation sites excluding steroid dienone is 1. The van der Waals surface area contributed by atoms with Crippen LogP contribution in [0, 0.1) is 0 Å². The Labute approximate surface area is 117 Å². The minimum atomic E-state index is -1.16. The number of aromatic nitrogens is 2. The quantitative estimate of drug-likeness (QED) is 0.819. The minimum Gasteiger partial charge on any atom is -0.460 e. The standard InChI is InChI=1S/C12H13BrN2O4/c1-3-5-18-12-14-9(16)7-6(4-2)8(13)11(17)19-10(7)15-12/h3,11,17H,1,4-5H2,2H3,(H,14,15,16). The Morgan fingerprint density at radius 3 is 3.05 bits per heavy atom. The number of aliphatic hydroxyl groups excluding tert-OH is 1. The third-order valence-electron chi connectivity index (χ3n) is 2.59. The summed E-state index contributed by atoms with van der Waals surface area (Å²) in [4.78, 5) is 18.6. The highest BCUT2D eigenvalue weighted by Gasteiger charge is 2.29. The van der Waals surface area contributed by atoms with Gasteiger partial charge in [-0.1, -0.05) is 19.6 Å². The number of hydrogen-bond acceptors (Lipinski definition) is 5. The van der Waals surface area contributed by atoms with E-state index in [-0.39, 0.29) is 24.1 Å². The van der Waals surface area contributed by atoms with Crippen molar-refractivity contribution in [2.24, 2.45) is 0 Å². The Hall–Kier alpha value is -1.60. The van der Waals surface area contributed by atoms with E-state index in [1.165, 1.54) is 6.08 Å². The van der Waals surface area contributed by atoms with Crippen LogP contribution < -0.4 is 15.0 Å². The number of H-pyrrole nitrogens is 1. The average molecular weight is 329 g/mol. The molecule has 0 aromatic carbocycles. The zero-order chi connectivity index (χ0) is 14.0. The molecule has 0 amide bonds. The number of nitrogens with zero attached hydrogens (tertiary/aromatic N) is 1. The van der Waals surface area contributed by atoms with Gasteiger partial charge in [0, 0.05) is 0 Å². The van der Waals surface area contributed by atoms with Gasteiger partial charge in [-0.3, -0.25) is 9.78 Å². The molecule has 1 aliphatic heterocycles. The normalized spacial score (nSPS) is 17.7. The molecule has 0 spiro atoms. The Balaban J connectivity index is 2.53. The number of fused-ring (bicyclic) bond motifs is 1. The van der Waals surface area contributed by atoms with Gasteiger partial charge in [-0.2, -0.15) is 4.98 Å². The molecule has 2 N–H and O–H groups in total. The number of rotatable bonds is 4. The molecule has 1 atom stereocenters. The molecule has 1 aliphatic rings. The van der Waals surface area contributed by atoms with E-state index in [2.05, 4.69) is 32.5 Å². The molecule has 1 aromatic rings. The minimum absolute atomic E-state index is 0.0318. The zero-order valence-electron chi connectivity index (χ0n) is 10.3. The van der Waals surface area contributed by atoms with Gasteiger partial charge in [-0.25, -0.2) is 0 Å². The monoisotopic (exact) mass is 328 g/mol. The second-order valence-corrected chi connectivity index (χ2v) is 4.66. The van der Waals surface area contributed by atoms with Gasteiger partial charge in [0.1, 0.15) is 12.2 Å². The fourth-order valence-corrected chi connectivity index (χ4v) is 2.33. The lowest BCUT2D eigenvalue weighted by Gasteiger charge is -2.23. The number of aliphatic hydroxyl groups is 1. The lowest BCUT2D eigenvalue weighted by Crippen LogP contribution is -2.27. The maximum atomic E-state index is 12.1. The van der Waals surface area contributed by atoms with Crippen LogP contribution in [0.3, 0.4) is 0 Å². The average Bonchev–Trinajstić information content (AvgIpc) is 2.38. The van der Waals surface area contributed by atoms with Crippen molar-refractivity contribution in [3.63, 3.8) is 0 Å². The molecule has 0 bridgehead atoms.